The molecule has 0 aliphatic rings. The van der Waals surface area contributed by atoms with Gasteiger partial charge < -0.3 is 10.1 Å². The van der Waals surface area contributed by atoms with E-state index in [2.05, 4.69) is 19.9 Å². The Kier molecular flexibility index (Phi) is 5.06. The summed E-state index contributed by atoms with van der Waals surface area (Å²) < 4.78 is 0. The van der Waals surface area contributed by atoms with Gasteiger partial charge in [0.2, 0.25) is 0 Å². The number of hydrogen-bond acceptors (Lipinski definition) is 5. The molecule has 4 heterocycles. The van der Waals surface area contributed by atoms with Gasteiger partial charge in [0, 0.05) is 28.7 Å². The Hall–Kier alpha value is -2.70. The van der Waals surface area contributed by atoms with Gasteiger partial charge in [-0.3, -0.25) is 14.8 Å². The second kappa shape index (κ2) is 7.27. The average Bonchev–Trinajstić information content (AvgIpc) is 2.65. The Morgan fingerprint density at radius 2 is 1.65 bits per heavy atom. The number of fused-ring (bicyclic) bond motifs is 2. The maximum Gasteiger partial charge on any atom is 0.255 e. The predicted molar refractivity (Wildman–Crippen MR) is 103 cm³/mol. The SMILES string of the molecule is Cc1c(Cl)nc2cnccc2c1Cl.Cc1c(O)c2ccncc2[nH]c1=O. The average molecular weight is 389 g/mol. The third-order valence-corrected chi connectivity index (χ3v) is 4.77. The Bertz CT molecular complexity index is 1180. The largest absolute Gasteiger partial charge is 0.507 e. The van der Waals surface area contributed by atoms with Crippen molar-refractivity contribution in [1.82, 2.24) is 19.9 Å². The van der Waals surface area contributed by atoms with Crippen molar-refractivity contribution in [2.75, 3.05) is 0 Å². The zero-order valence-corrected chi connectivity index (χ0v) is 15.4. The minimum absolute atomic E-state index is 0.0288. The molecule has 0 aliphatic carbocycles. The van der Waals surface area contributed by atoms with Gasteiger partial charge in [0.25, 0.3) is 5.56 Å². The fourth-order valence-corrected chi connectivity index (χ4v) is 2.85. The lowest BCUT2D eigenvalue weighted by molar-refractivity contribution is 0.476. The topological polar surface area (TPSA) is 91.8 Å². The molecular formula is C18H14Cl2N4O2. The van der Waals surface area contributed by atoms with Crippen molar-refractivity contribution in [2.45, 2.75) is 13.8 Å². The minimum Gasteiger partial charge on any atom is -0.507 e. The van der Waals surface area contributed by atoms with E-state index in [-0.39, 0.29) is 11.3 Å². The molecule has 0 radical (unpaired) electrons. The van der Waals surface area contributed by atoms with Crippen LogP contribution in [0.3, 0.4) is 0 Å². The van der Waals surface area contributed by atoms with Crippen molar-refractivity contribution in [1.29, 1.82) is 0 Å². The quantitative estimate of drug-likeness (QED) is 0.440. The fraction of sp³-hybridized carbons (Fsp3) is 0.111. The molecule has 0 unspecified atom stereocenters. The highest BCUT2D eigenvalue weighted by Gasteiger charge is 2.07. The van der Waals surface area contributed by atoms with Crippen LogP contribution >= 0.6 is 23.2 Å². The van der Waals surface area contributed by atoms with E-state index < -0.39 is 0 Å². The summed E-state index contributed by atoms with van der Waals surface area (Å²) in [5.74, 6) is 0.0288. The first-order valence-corrected chi connectivity index (χ1v) is 8.36. The third-order valence-electron chi connectivity index (χ3n) is 3.91. The molecule has 4 rings (SSSR count). The number of hydrogen-bond donors (Lipinski definition) is 2. The molecule has 0 amide bonds. The van der Waals surface area contributed by atoms with Crippen LogP contribution in [0.1, 0.15) is 11.1 Å². The number of nitrogens with one attached hydrogen (secondary N) is 1. The molecule has 0 fully saturated rings. The molecule has 26 heavy (non-hydrogen) atoms. The van der Waals surface area contributed by atoms with Crippen molar-refractivity contribution in [2.24, 2.45) is 0 Å². The summed E-state index contributed by atoms with van der Waals surface area (Å²) in [5, 5.41) is 12.2. The van der Waals surface area contributed by atoms with Crippen molar-refractivity contribution in [3.8, 4) is 5.75 Å². The smallest absolute Gasteiger partial charge is 0.255 e. The number of nitrogens with zero attached hydrogens (tertiary/aromatic N) is 3. The number of rotatable bonds is 0. The molecule has 8 heteroatoms. The van der Waals surface area contributed by atoms with Gasteiger partial charge in [0.05, 0.1) is 34.0 Å². The van der Waals surface area contributed by atoms with E-state index in [1.54, 1.807) is 31.6 Å². The Labute approximate surface area is 158 Å². The summed E-state index contributed by atoms with van der Waals surface area (Å²) in [6, 6.07) is 3.49. The molecule has 0 aromatic carbocycles. The number of aromatic hydroxyl groups is 1. The molecule has 4 aromatic rings. The summed E-state index contributed by atoms with van der Waals surface area (Å²) in [5.41, 5.74) is 2.14. The zero-order chi connectivity index (χ0) is 18.8. The molecule has 0 aliphatic heterocycles. The lowest BCUT2D eigenvalue weighted by Crippen LogP contribution is -2.09. The van der Waals surface area contributed by atoms with E-state index in [0.29, 0.717) is 26.6 Å². The molecule has 132 valence electrons. The monoisotopic (exact) mass is 388 g/mol. The highest BCUT2D eigenvalue weighted by atomic mass is 35.5. The van der Waals surface area contributed by atoms with E-state index >= 15 is 0 Å². The number of aromatic nitrogens is 4. The summed E-state index contributed by atoms with van der Waals surface area (Å²) in [4.78, 5) is 25.8. The van der Waals surface area contributed by atoms with Crippen LogP contribution in [0.15, 0.2) is 41.7 Å². The van der Waals surface area contributed by atoms with E-state index in [1.807, 2.05) is 13.0 Å². The molecule has 2 N–H and O–H groups in total. The van der Waals surface area contributed by atoms with Gasteiger partial charge in [0.15, 0.2) is 0 Å². The van der Waals surface area contributed by atoms with Gasteiger partial charge >= 0.3 is 0 Å². The summed E-state index contributed by atoms with van der Waals surface area (Å²) >= 11 is 11.9. The maximum absolute atomic E-state index is 11.2. The third kappa shape index (κ3) is 3.34. The highest BCUT2D eigenvalue weighted by Crippen LogP contribution is 2.29. The van der Waals surface area contributed by atoms with E-state index in [0.717, 1.165) is 16.5 Å². The van der Waals surface area contributed by atoms with E-state index in [9.17, 15) is 9.90 Å². The van der Waals surface area contributed by atoms with E-state index in [1.165, 1.54) is 6.20 Å². The molecular weight excluding hydrogens is 375 g/mol. The van der Waals surface area contributed by atoms with Crippen LogP contribution in [0.2, 0.25) is 10.2 Å². The molecule has 0 spiro atoms. The molecule has 0 saturated carbocycles. The van der Waals surface area contributed by atoms with Crippen LogP contribution in [0.5, 0.6) is 5.75 Å². The van der Waals surface area contributed by atoms with E-state index in [4.69, 9.17) is 23.2 Å². The first kappa shape index (κ1) is 18.1. The first-order chi connectivity index (χ1) is 12.4. The van der Waals surface area contributed by atoms with Crippen molar-refractivity contribution >= 4 is 45.0 Å². The fourth-order valence-electron chi connectivity index (χ4n) is 2.37. The van der Waals surface area contributed by atoms with Crippen molar-refractivity contribution < 1.29 is 5.11 Å². The first-order valence-electron chi connectivity index (χ1n) is 7.61. The minimum atomic E-state index is -0.280. The molecule has 0 saturated heterocycles. The maximum atomic E-state index is 11.2. The van der Waals surface area contributed by atoms with Crippen LogP contribution < -0.4 is 5.56 Å². The number of H-pyrrole nitrogens is 1. The van der Waals surface area contributed by atoms with Crippen LogP contribution in [0, 0.1) is 13.8 Å². The predicted octanol–water partition coefficient (Wildman–Crippen LogP) is 4.18. The number of pyridine rings is 4. The van der Waals surface area contributed by atoms with Gasteiger partial charge in [-0.15, -0.1) is 0 Å². The normalized spacial score (nSPS) is 10.6. The zero-order valence-electron chi connectivity index (χ0n) is 13.9. The second-order valence-electron chi connectivity index (χ2n) is 5.58. The Morgan fingerprint density at radius 1 is 1.00 bits per heavy atom. The van der Waals surface area contributed by atoms with Gasteiger partial charge in [-0.25, -0.2) is 4.98 Å². The lowest BCUT2D eigenvalue weighted by Gasteiger charge is -2.03. The molecule has 6 nitrogen and oxygen atoms in total. The van der Waals surface area contributed by atoms with Gasteiger partial charge in [-0.2, -0.15) is 0 Å². The molecule has 0 atom stereocenters. The van der Waals surface area contributed by atoms with Crippen molar-refractivity contribution in [3.63, 3.8) is 0 Å². The second-order valence-corrected chi connectivity index (χ2v) is 6.32. The van der Waals surface area contributed by atoms with Crippen molar-refractivity contribution in [3.05, 3.63) is 68.6 Å². The molecule has 4 aromatic heterocycles. The lowest BCUT2D eigenvalue weighted by atomic mass is 10.2. The van der Waals surface area contributed by atoms with Crippen LogP contribution in [-0.2, 0) is 0 Å². The summed E-state index contributed by atoms with van der Waals surface area (Å²) in [6.45, 7) is 3.42. The summed E-state index contributed by atoms with van der Waals surface area (Å²) in [6.07, 6.45) is 6.41. The standard InChI is InChI=1S/C9H6Cl2N2.C9H8N2O2/c1-5-8(10)6-2-3-12-4-7(6)13-9(5)11;1-5-8(12)6-2-3-10-4-7(6)11-9(5)13/h2-4H,1H3;2-4H,1H3,(H2,11,12,13). The van der Waals surface area contributed by atoms with Crippen LogP contribution in [0.25, 0.3) is 21.8 Å². The number of aromatic amines is 1. The highest BCUT2D eigenvalue weighted by molar-refractivity contribution is 6.39. The van der Waals surface area contributed by atoms with Crippen LogP contribution in [-0.4, -0.2) is 25.0 Å². The van der Waals surface area contributed by atoms with Gasteiger partial charge in [0.1, 0.15) is 10.9 Å². The van der Waals surface area contributed by atoms with Crippen LogP contribution in [0.4, 0.5) is 0 Å². The Balaban J connectivity index is 0.000000151. The number of halogens is 2. The Morgan fingerprint density at radius 3 is 2.38 bits per heavy atom. The summed E-state index contributed by atoms with van der Waals surface area (Å²) in [7, 11) is 0. The van der Waals surface area contributed by atoms with Gasteiger partial charge in [-0.05, 0) is 26.0 Å². The van der Waals surface area contributed by atoms with Gasteiger partial charge in [-0.1, -0.05) is 23.2 Å². The molecule has 0 bridgehead atoms.